The molecular formula is C12H11N3O3. The lowest BCUT2D eigenvalue weighted by molar-refractivity contribution is 0.412. The third-order valence-corrected chi connectivity index (χ3v) is 2.60. The topological polar surface area (TPSA) is 91.2 Å². The Hall–Kier alpha value is -2.34. The van der Waals surface area contributed by atoms with E-state index in [1.54, 1.807) is 24.5 Å². The zero-order valence-corrected chi connectivity index (χ0v) is 9.71. The number of aryl methyl sites for hydroxylation is 1. The van der Waals surface area contributed by atoms with Crippen LogP contribution in [0.5, 0.6) is 0 Å². The lowest BCUT2D eigenvalue weighted by Crippen LogP contribution is -1.92. The lowest BCUT2D eigenvalue weighted by Gasteiger charge is -1.88. The van der Waals surface area contributed by atoms with Crippen molar-refractivity contribution in [1.29, 1.82) is 0 Å². The Kier molecular flexibility index (Phi) is 2.49. The van der Waals surface area contributed by atoms with Gasteiger partial charge in [0.1, 0.15) is 11.5 Å². The molecule has 3 aromatic rings. The summed E-state index contributed by atoms with van der Waals surface area (Å²) >= 11 is 0. The molecule has 0 fully saturated rings. The highest BCUT2D eigenvalue weighted by molar-refractivity contribution is 5.58. The van der Waals surface area contributed by atoms with Crippen LogP contribution in [0.4, 0.5) is 0 Å². The minimum absolute atomic E-state index is 0.324. The summed E-state index contributed by atoms with van der Waals surface area (Å²) in [5.41, 5.74) is 6.27. The van der Waals surface area contributed by atoms with Crippen LogP contribution in [0.1, 0.15) is 11.5 Å². The number of aromatic nitrogens is 2. The van der Waals surface area contributed by atoms with Crippen molar-refractivity contribution < 1.29 is 13.4 Å². The van der Waals surface area contributed by atoms with E-state index in [0.717, 1.165) is 11.3 Å². The highest BCUT2D eigenvalue weighted by Crippen LogP contribution is 2.26. The van der Waals surface area contributed by atoms with Gasteiger partial charge in [0, 0.05) is 0 Å². The fraction of sp³-hybridized carbons (Fsp3) is 0.167. The Labute approximate surface area is 102 Å². The van der Waals surface area contributed by atoms with Crippen LogP contribution in [0, 0.1) is 6.92 Å². The van der Waals surface area contributed by atoms with Gasteiger partial charge in [0.2, 0.25) is 5.82 Å². The number of hydrogen-bond donors (Lipinski definition) is 1. The zero-order valence-electron chi connectivity index (χ0n) is 9.71. The fourth-order valence-electron chi connectivity index (χ4n) is 1.65. The van der Waals surface area contributed by atoms with Crippen LogP contribution in [-0.4, -0.2) is 10.1 Å². The predicted octanol–water partition coefficient (Wildman–Crippen LogP) is 2.36. The molecule has 0 saturated carbocycles. The van der Waals surface area contributed by atoms with Crippen molar-refractivity contribution in [1.82, 2.24) is 10.1 Å². The smallest absolute Gasteiger partial charge is 0.293 e. The minimum atomic E-state index is 0.324. The van der Waals surface area contributed by atoms with E-state index in [2.05, 4.69) is 10.1 Å². The number of rotatable bonds is 3. The summed E-state index contributed by atoms with van der Waals surface area (Å²) in [6, 6.07) is 5.32. The molecule has 2 N–H and O–H groups in total. The first kappa shape index (κ1) is 10.8. The number of nitrogens with two attached hydrogens (primary N) is 1. The van der Waals surface area contributed by atoms with Gasteiger partial charge in [-0.2, -0.15) is 4.98 Å². The Balaban J connectivity index is 1.96. The lowest BCUT2D eigenvalue weighted by atomic mass is 10.2. The molecule has 3 rings (SSSR count). The summed E-state index contributed by atoms with van der Waals surface area (Å²) in [4.78, 5) is 4.26. The molecule has 0 aliphatic heterocycles. The molecule has 0 radical (unpaired) electrons. The maximum Gasteiger partial charge on any atom is 0.293 e. The van der Waals surface area contributed by atoms with Crippen LogP contribution in [0.15, 0.2) is 37.8 Å². The molecule has 92 valence electrons. The van der Waals surface area contributed by atoms with Gasteiger partial charge in [0.05, 0.1) is 18.4 Å². The van der Waals surface area contributed by atoms with Gasteiger partial charge in [-0.25, -0.2) is 0 Å². The number of nitrogens with zero attached hydrogens (tertiary/aromatic N) is 2. The molecule has 6 heteroatoms. The van der Waals surface area contributed by atoms with Gasteiger partial charge in [-0.15, -0.1) is 0 Å². The third kappa shape index (κ3) is 1.72. The predicted molar refractivity (Wildman–Crippen MR) is 62.3 cm³/mol. The molecule has 18 heavy (non-hydrogen) atoms. The molecule has 0 bridgehead atoms. The Morgan fingerprint density at radius 3 is 2.83 bits per heavy atom. The number of furan rings is 2. The van der Waals surface area contributed by atoms with Crippen molar-refractivity contribution in [3.8, 4) is 23.0 Å². The highest BCUT2D eigenvalue weighted by atomic mass is 16.5. The summed E-state index contributed by atoms with van der Waals surface area (Å²) in [6.07, 6.45) is 1.58. The first-order chi connectivity index (χ1) is 8.78. The van der Waals surface area contributed by atoms with Crippen molar-refractivity contribution >= 4 is 0 Å². The molecule has 3 heterocycles. The van der Waals surface area contributed by atoms with Gasteiger partial charge in [0.15, 0.2) is 5.76 Å². The Morgan fingerprint density at radius 2 is 2.17 bits per heavy atom. The largest absolute Gasteiger partial charge is 0.469 e. The van der Waals surface area contributed by atoms with Gasteiger partial charge < -0.3 is 19.1 Å². The van der Waals surface area contributed by atoms with Crippen molar-refractivity contribution in [3.63, 3.8) is 0 Å². The molecule has 3 aromatic heterocycles. The molecule has 0 aromatic carbocycles. The van der Waals surface area contributed by atoms with E-state index in [1.165, 1.54) is 0 Å². The number of hydrogen-bond acceptors (Lipinski definition) is 6. The third-order valence-electron chi connectivity index (χ3n) is 2.60. The second kappa shape index (κ2) is 4.15. The summed E-state index contributed by atoms with van der Waals surface area (Å²) in [6.45, 7) is 2.17. The molecule has 0 aliphatic carbocycles. The van der Waals surface area contributed by atoms with Crippen LogP contribution in [0.2, 0.25) is 0 Å². The second-order valence-corrected chi connectivity index (χ2v) is 3.78. The van der Waals surface area contributed by atoms with Gasteiger partial charge >= 0.3 is 0 Å². The molecule has 0 aliphatic rings. The molecule has 0 spiro atoms. The molecule has 0 unspecified atom stereocenters. The van der Waals surface area contributed by atoms with Crippen molar-refractivity contribution in [2.75, 3.05) is 0 Å². The quantitative estimate of drug-likeness (QED) is 0.761. The molecular weight excluding hydrogens is 234 g/mol. The van der Waals surface area contributed by atoms with Crippen LogP contribution in [-0.2, 0) is 6.54 Å². The summed E-state index contributed by atoms with van der Waals surface area (Å²) in [7, 11) is 0. The van der Waals surface area contributed by atoms with Crippen molar-refractivity contribution in [3.05, 3.63) is 36.0 Å². The average Bonchev–Trinajstić information content (AvgIpc) is 3.07. The van der Waals surface area contributed by atoms with Crippen LogP contribution >= 0.6 is 0 Å². The van der Waals surface area contributed by atoms with Gasteiger partial charge in [-0.05, 0) is 25.1 Å². The van der Waals surface area contributed by atoms with Crippen LogP contribution < -0.4 is 5.73 Å². The molecule has 6 nitrogen and oxygen atoms in total. The molecule has 0 saturated heterocycles. The highest BCUT2D eigenvalue weighted by Gasteiger charge is 2.16. The van der Waals surface area contributed by atoms with E-state index in [-0.39, 0.29) is 0 Å². The van der Waals surface area contributed by atoms with Gasteiger partial charge in [-0.1, -0.05) is 5.16 Å². The monoisotopic (exact) mass is 245 g/mol. The summed E-state index contributed by atoms with van der Waals surface area (Å²) < 4.78 is 15.8. The van der Waals surface area contributed by atoms with Crippen molar-refractivity contribution in [2.24, 2.45) is 5.73 Å². The standard InChI is InChI=1S/C12H11N3O3/c1-7-9(4-5-16-7)11-14-12(18-15-11)10-3-2-8(6-13)17-10/h2-5H,6,13H2,1H3. The summed E-state index contributed by atoms with van der Waals surface area (Å²) in [5.74, 6) is 2.72. The molecule has 0 atom stereocenters. The van der Waals surface area contributed by atoms with E-state index in [9.17, 15) is 0 Å². The SMILES string of the molecule is Cc1occc1-c1noc(-c2ccc(CN)o2)n1. The Bertz CT molecular complexity index is 665. The second-order valence-electron chi connectivity index (χ2n) is 3.78. The molecule has 0 amide bonds. The van der Waals surface area contributed by atoms with Gasteiger partial charge in [-0.3, -0.25) is 0 Å². The summed E-state index contributed by atoms with van der Waals surface area (Å²) in [5, 5.41) is 3.89. The Morgan fingerprint density at radius 1 is 1.28 bits per heavy atom. The van der Waals surface area contributed by atoms with E-state index < -0.39 is 0 Å². The van der Waals surface area contributed by atoms with Crippen LogP contribution in [0.3, 0.4) is 0 Å². The van der Waals surface area contributed by atoms with E-state index in [1.807, 2.05) is 6.92 Å². The minimum Gasteiger partial charge on any atom is -0.469 e. The zero-order chi connectivity index (χ0) is 12.5. The first-order valence-electron chi connectivity index (χ1n) is 5.45. The average molecular weight is 245 g/mol. The fourth-order valence-corrected chi connectivity index (χ4v) is 1.65. The van der Waals surface area contributed by atoms with E-state index >= 15 is 0 Å². The van der Waals surface area contributed by atoms with Gasteiger partial charge in [0.25, 0.3) is 5.89 Å². The van der Waals surface area contributed by atoms with E-state index in [0.29, 0.717) is 29.8 Å². The van der Waals surface area contributed by atoms with E-state index in [4.69, 9.17) is 19.1 Å². The maximum atomic E-state index is 5.47. The van der Waals surface area contributed by atoms with Crippen molar-refractivity contribution in [2.45, 2.75) is 13.5 Å². The van der Waals surface area contributed by atoms with Crippen LogP contribution in [0.25, 0.3) is 23.0 Å². The maximum absolute atomic E-state index is 5.47. The first-order valence-corrected chi connectivity index (χ1v) is 5.45. The normalized spacial score (nSPS) is 11.0.